The molecule has 8 nitrogen and oxygen atoms in total. The van der Waals surface area contributed by atoms with Gasteiger partial charge in [0.25, 0.3) is 0 Å². The van der Waals surface area contributed by atoms with Crippen molar-refractivity contribution in [2.45, 2.75) is 6.92 Å². The highest BCUT2D eigenvalue weighted by atomic mass is 35.5. The summed E-state index contributed by atoms with van der Waals surface area (Å²) < 4.78 is 0. The maximum atomic E-state index is 12.5. The molecule has 0 atom stereocenters. The molecule has 1 aromatic rings. The van der Waals surface area contributed by atoms with Crippen LogP contribution >= 0.6 is 11.6 Å². The van der Waals surface area contributed by atoms with Crippen molar-refractivity contribution in [2.75, 3.05) is 44.2 Å². The Kier molecular flexibility index (Phi) is 5.13. The lowest BCUT2D eigenvalue weighted by Gasteiger charge is -2.36. The standard InChI is InChI=1S/C17H19ClN4O4/c1-2-21-15(24)16(25)22(17(21)26)11-14(23)20-9-7-19(8-10-20)13-6-4-3-5-12(13)18/h3-6H,2,7-11H2,1H3. The van der Waals surface area contributed by atoms with Crippen molar-refractivity contribution in [3.05, 3.63) is 29.3 Å². The number of rotatable bonds is 4. The third-order valence-electron chi connectivity index (χ3n) is 4.57. The van der Waals surface area contributed by atoms with Gasteiger partial charge in [0.1, 0.15) is 6.54 Å². The molecule has 0 aliphatic carbocycles. The zero-order chi connectivity index (χ0) is 18.8. The van der Waals surface area contributed by atoms with E-state index in [1.165, 1.54) is 0 Å². The van der Waals surface area contributed by atoms with E-state index in [1.807, 2.05) is 24.3 Å². The molecule has 2 aliphatic heterocycles. The fourth-order valence-electron chi connectivity index (χ4n) is 3.11. The second-order valence-corrected chi connectivity index (χ2v) is 6.45. The zero-order valence-corrected chi connectivity index (χ0v) is 15.1. The minimum atomic E-state index is -0.945. The summed E-state index contributed by atoms with van der Waals surface area (Å²) in [5.74, 6) is -2.18. The number of hydrogen-bond acceptors (Lipinski definition) is 5. The second kappa shape index (κ2) is 7.33. The molecule has 1 aromatic carbocycles. The van der Waals surface area contributed by atoms with E-state index in [1.54, 1.807) is 11.8 Å². The number of imide groups is 2. The van der Waals surface area contributed by atoms with E-state index < -0.39 is 24.4 Å². The molecule has 2 saturated heterocycles. The Labute approximate surface area is 155 Å². The zero-order valence-electron chi connectivity index (χ0n) is 14.4. The van der Waals surface area contributed by atoms with Crippen molar-refractivity contribution < 1.29 is 19.2 Å². The lowest BCUT2D eigenvalue weighted by Crippen LogP contribution is -2.52. The molecule has 0 saturated carbocycles. The molecule has 9 heteroatoms. The molecule has 2 heterocycles. The van der Waals surface area contributed by atoms with Crippen LogP contribution in [0.25, 0.3) is 0 Å². The normalized spacial score (nSPS) is 18.2. The Morgan fingerprint density at radius 2 is 1.62 bits per heavy atom. The van der Waals surface area contributed by atoms with Crippen molar-refractivity contribution in [3.8, 4) is 0 Å². The Bertz CT molecular complexity index is 761. The fraction of sp³-hybridized carbons (Fsp3) is 0.412. The largest absolute Gasteiger partial charge is 0.367 e. The molecule has 0 bridgehead atoms. The molecular weight excluding hydrogens is 360 g/mol. The van der Waals surface area contributed by atoms with Gasteiger partial charge < -0.3 is 9.80 Å². The number of benzene rings is 1. The van der Waals surface area contributed by atoms with Crippen molar-refractivity contribution in [1.29, 1.82) is 0 Å². The van der Waals surface area contributed by atoms with Crippen LogP contribution in [0, 0.1) is 0 Å². The van der Waals surface area contributed by atoms with E-state index in [2.05, 4.69) is 4.90 Å². The van der Waals surface area contributed by atoms with Crippen LogP contribution in [0.4, 0.5) is 10.5 Å². The summed E-state index contributed by atoms with van der Waals surface area (Å²) in [6, 6.07) is 6.77. The third-order valence-corrected chi connectivity index (χ3v) is 4.89. The molecule has 0 aromatic heterocycles. The number of urea groups is 1. The monoisotopic (exact) mass is 378 g/mol. The van der Waals surface area contributed by atoms with Crippen molar-refractivity contribution in [3.63, 3.8) is 0 Å². The average molecular weight is 379 g/mol. The maximum absolute atomic E-state index is 12.5. The first-order valence-corrected chi connectivity index (χ1v) is 8.76. The summed E-state index contributed by atoms with van der Waals surface area (Å²) in [4.78, 5) is 53.4. The first-order chi connectivity index (χ1) is 12.4. The van der Waals surface area contributed by atoms with Gasteiger partial charge in [-0.1, -0.05) is 23.7 Å². The topological polar surface area (TPSA) is 81.2 Å². The number of carbonyl (C=O) groups excluding carboxylic acids is 4. The smallest absolute Gasteiger partial charge is 0.334 e. The van der Waals surface area contributed by atoms with Crippen LogP contribution in [0.15, 0.2) is 24.3 Å². The molecule has 2 fully saturated rings. The number of hydrogen-bond donors (Lipinski definition) is 0. The highest BCUT2D eigenvalue weighted by Crippen LogP contribution is 2.26. The Hall–Kier alpha value is -2.61. The molecule has 0 spiro atoms. The number of anilines is 1. The van der Waals surface area contributed by atoms with Gasteiger partial charge in [-0.2, -0.15) is 0 Å². The SMILES string of the molecule is CCN1C(=O)C(=O)N(CC(=O)N2CCN(c3ccccc3Cl)CC2)C1=O. The third kappa shape index (κ3) is 3.24. The van der Waals surface area contributed by atoms with E-state index in [0.29, 0.717) is 36.1 Å². The van der Waals surface area contributed by atoms with Crippen LogP contribution < -0.4 is 4.90 Å². The van der Waals surface area contributed by atoms with Crippen molar-refractivity contribution in [1.82, 2.24) is 14.7 Å². The number of halogens is 1. The van der Waals surface area contributed by atoms with Crippen LogP contribution in [0.2, 0.25) is 5.02 Å². The second-order valence-electron chi connectivity index (χ2n) is 6.04. The minimum absolute atomic E-state index is 0.102. The summed E-state index contributed by atoms with van der Waals surface area (Å²) in [6.45, 7) is 3.38. The summed E-state index contributed by atoms with van der Waals surface area (Å²) in [7, 11) is 0. The first-order valence-electron chi connectivity index (χ1n) is 8.38. The molecule has 26 heavy (non-hydrogen) atoms. The lowest BCUT2D eigenvalue weighted by atomic mass is 10.2. The molecule has 5 amide bonds. The molecular formula is C17H19ClN4O4. The van der Waals surface area contributed by atoms with Crippen LogP contribution in [0.1, 0.15) is 6.92 Å². The summed E-state index contributed by atoms with van der Waals surface area (Å²) >= 11 is 6.20. The van der Waals surface area contributed by atoms with Gasteiger partial charge in [0.2, 0.25) is 5.91 Å². The number of nitrogens with zero attached hydrogens (tertiary/aromatic N) is 4. The number of likely N-dealkylation sites (N-methyl/N-ethyl adjacent to an activating group) is 1. The summed E-state index contributed by atoms with van der Waals surface area (Å²) in [5.41, 5.74) is 0.912. The summed E-state index contributed by atoms with van der Waals surface area (Å²) in [6.07, 6.45) is 0. The van der Waals surface area contributed by atoms with Gasteiger partial charge in [-0.15, -0.1) is 0 Å². The number of piperazine rings is 1. The number of amides is 5. The van der Waals surface area contributed by atoms with Crippen molar-refractivity contribution >= 4 is 41.0 Å². The van der Waals surface area contributed by atoms with Crippen LogP contribution in [0.3, 0.4) is 0 Å². The van der Waals surface area contributed by atoms with Crippen molar-refractivity contribution in [2.24, 2.45) is 0 Å². The van der Waals surface area contributed by atoms with E-state index >= 15 is 0 Å². The van der Waals surface area contributed by atoms with Gasteiger partial charge in [0.05, 0.1) is 10.7 Å². The van der Waals surface area contributed by atoms with E-state index in [4.69, 9.17) is 11.6 Å². The number of carbonyl (C=O) groups is 4. The first kappa shape index (κ1) is 18.2. The molecule has 138 valence electrons. The predicted molar refractivity (Wildman–Crippen MR) is 94.7 cm³/mol. The molecule has 3 rings (SSSR count). The van der Waals surface area contributed by atoms with E-state index in [9.17, 15) is 19.2 Å². The fourth-order valence-corrected chi connectivity index (χ4v) is 3.36. The van der Waals surface area contributed by atoms with Crippen LogP contribution in [-0.2, 0) is 14.4 Å². The Balaban J connectivity index is 1.59. The molecule has 0 unspecified atom stereocenters. The van der Waals surface area contributed by atoms with Crippen LogP contribution in [-0.4, -0.2) is 77.7 Å². The average Bonchev–Trinajstić information content (AvgIpc) is 2.85. The predicted octanol–water partition coefficient (Wildman–Crippen LogP) is 0.799. The lowest BCUT2D eigenvalue weighted by molar-refractivity contribution is -0.144. The summed E-state index contributed by atoms with van der Waals surface area (Å²) in [5, 5.41) is 0.652. The highest BCUT2D eigenvalue weighted by molar-refractivity contribution is 6.45. The highest BCUT2D eigenvalue weighted by Gasteiger charge is 2.44. The Morgan fingerprint density at radius 3 is 2.19 bits per heavy atom. The number of para-hydroxylation sites is 1. The molecule has 0 N–H and O–H groups in total. The van der Waals surface area contributed by atoms with Gasteiger partial charge in [0, 0.05) is 32.7 Å². The van der Waals surface area contributed by atoms with Gasteiger partial charge in [-0.25, -0.2) is 9.69 Å². The van der Waals surface area contributed by atoms with Crippen LogP contribution in [0.5, 0.6) is 0 Å². The van der Waals surface area contributed by atoms with Gasteiger partial charge in [-0.3, -0.25) is 19.3 Å². The molecule has 2 aliphatic rings. The minimum Gasteiger partial charge on any atom is -0.367 e. The maximum Gasteiger partial charge on any atom is 0.334 e. The van der Waals surface area contributed by atoms with E-state index in [-0.39, 0.29) is 12.5 Å². The van der Waals surface area contributed by atoms with Gasteiger partial charge in [-0.05, 0) is 19.1 Å². The van der Waals surface area contributed by atoms with E-state index in [0.717, 1.165) is 10.6 Å². The quantitative estimate of drug-likeness (QED) is 0.572. The molecule has 0 radical (unpaired) electrons. The van der Waals surface area contributed by atoms with Gasteiger partial charge >= 0.3 is 17.8 Å². The van der Waals surface area contributed by atoms with Gasteiger partial charge in [0.15, 0.2) is 0 Å². The Morgan fingerprint density at radius 1 is 1.00 bits per heavy atom.